The molecule has 5 heteroatoms. The smallest absolute Gasteiger partial charge is 0.194 e. The highest BCUT2D eigenvalue weighted by molar-refractivity contribution is 7.25. The molecule has 3 nitrogen and oxygen atoms in total. The number of thiophene rings is 1. The van der Waals surface area contributed by atoms with Crippen molar-refractivity contribution in [2.45, 2.75) is 143 Å². The Bertz CT molecular complexity index is 3800. The van der Waals surface area contributed by atoms with Gasteiger partial charge in [0.1, 0.15) is 11.4 Å². The van der Waals surface area contributed by atoms with Crippen LogP contribution in [0, 0.1) is 5.41 Å². The Balaban J connectivity index is 1.17. The van der Waals surface area contributed by atoms with E-state index in [0.29, 0.717) is 17.8 Å². The number of para-hydroxylation sites is 2. The molecule has 0 N–H and O–H groups in total. The maximum absolute atomic E-state index is 2.78. The third-order valence-corrected chi connectivity index (χ3v) is 20.3. The van der Waals surface area contributed by atoms with E-state index in [2.05, 4.69) is 215 Å². The molecule has 4 aromatic heterocycles. The Morgan fingerprint density at radius 1 is 0.681 bits per heavy atom. The molecular formula is C67H71N3SSi+2. The monoisotopic (exact) mass is 978 g/mol. The number of fused-ring (bicyclic) bond motifs is 18. The normalized spacial score (nSPS) is 17.2. The predicted octanol–water partition coefficient (Wildman–Crippen LogP) is 17.2. The van der Waals surface area contributed by atoms with Gasteiger partial charge in [-0.2, -0.15) is 13.5 Å². The largest absolute Gasteiger partial charge is 0.300 e. The minimum Gasteiger partial charge on any atom is -0.194 e. The van der Waals surface area contributed by atoms with Crippen molar-refractivity contribution in [1.82, 2.24) is 4.57 Å². The Morgan fingerprint density at radius 2 is 1.38 bits per heavy atom. The lowest BCUT2D eigenvalue weighted by Crippen LogP contribution is -2.53. The minimum atomic E-state index is -1.76. The summed E-state index contributed by atoms with van der Waals surface area (Å²) in [5, 5.41) is 7.20. The van der Waals surface area contributed by atoms with Gasteiger partial charge in [-0.1, -0.05) is 154 Å². The zero-order valence-corrected chi connectivity index (χ0v) is 46.1. The first kappa shape index (κ1) is 45.9. The van der Waals surface area contributed by atoms with Crippen LogP contribution < -0.4 is 14.2 Å². The minimum absolute atomic E-state index is 0.186. The highest BCUT2D eigenvalue weighted by atomic mass is 32.1. The molecule has 362 valence electrons. The van der Waals surface area contributed by atoms with E-state index in [1.165, 1.54) is 141 Å². The maximum atomic E-state index is 2.78. The van der Waals surface area contributed by atoms with Gasteiger partial charge >= 0.3 is 5.65 Å². The van der Waals surface area contributed by atoms with Crippen molar-refractivity contribution in [1.29, 1.82) is 0 Å². The number of nitrogens with zero attached hydrogens (tertiary/aromatic N) is 3. The van der Waals surface area contributed by atoms with Crippen LogP contribution in [0.5, 0.6) is 0 Å². The van der Waals surface area contributed by atoms with E-state index in [1.807, 2.05) is 11.3 Å². The first-order chi connectivity index (χ1) is 34.6. The zero-order chi connectivity index (χ0) is 49.5. The SMILES string of the molecule is CC(C)c1cc(-c2ccccc2)cc(C(C)C)c1-n1c2ccccc2[n+]2c3c(c4cc5sc6ccc(C7CCCCC7)cc6c5cc4c12)C1c2ccccc2-c2cc(CC(C)(C)C)c([Si](C)(C)C)c[n+]2C1C3. The van der Waals surface area contributed by atoms with Crippen LogP contribution in [0.3, 0.4) is 0 Å². The van der Waals surface area contributed by atoms with Gasteiger partial charge in [0.05, 0.1) is 31.4 Å². The van der Waals surface area contributed by atoms with E-state index in [4.69, 9.17) is 0 Å². The molecule has 0 saturated heterocycles. The van der Waals surface area contributed by atoms with Crippen LogP contribution in [0.2, 0.25) is 19.6 Å². The summed E-state index contributed by atoms with van der Waals surface area (Å²) in [4.78, 5) is 0. The van der Waals surface area contributed by atoms with E-state index in [9.17, 15) is 0 Å². The van der Waals surface area contributed by atoms with E-state index in [1.54, 1.807) is 10.8 Å². The average molecular weight is 978 g/mol. The summed E-state index contributed by atoms with van der Waals surface area (Å²) in [6.07, 6.45) is 11.4. The molecule has 0 amide bonds. The van der Waals surface area contributed by atoms with Crippen LogP contribution in [0.1, 0.15) is 149 Å². The van der Waals surface area contributed by atoms with Gasteiger partial charge in [0.2, 0.25) is 5.69 Å². The second-order valence-electron chi connectivity index (χ2n) is 24.9. The van der Waals surface area contributed by atoms with Gasteiger partial charge in [0.25, 0.3) is 0 Å². The lowest BCUT2D eigenvalue weighted by Gasteiger charge is -2.30. The fourth-order valence-electron chi connectivity index (χ4n) is 13.9. The van der Waals surface area contributed by atoms with Gasteiger partial charge in [0.15, 0.2) is 23.3 Å². The second kappa shape index (κ2) is 16.8. The van der Waals surface area contributed by atoms with Crippen molar-refractivity contribution in [2.75, 3.05) is 0 Å². The molecule has 72 heavy (non-hydrogen) atoms. The molecule has 2 aliphatic carbocycles. The molecule has 0 radical (unpaired) electrons. The molecule has 2 unspecified atom stereocenters. The summed E-state index contributed by atoms with van der Waals surface area (Å²) >= 11 is 2.00. The van der Waals surface area contributed by atoms with Crippen LogP contribution in [0.15, 0.2) is 134 Å². The van der Waals surface area contributed by atoms with Crippen LogP contribution in [-0.4, -0.2) is 12.6 Å². The predicted molar refractivity (Wildman–Crippen MR) is 309 cm³/mol. The summed E-state index contributed by atoms with van der Waals surface area (Å²) in [6.45, 7) is 24.5. The Kier molecular flexibility index (Phi) is 10.7. The topological polar surface area (TPSA) is 12.9 Å². The molecule has 10 aromatic rings. The highest BCUT2D eigenvalue weighted by Crippen LogP contribution is 2.53. The summed E-state index contributed by atoms with van der Waals surface area (Å²) in [6, 6.07) is 50.7. The highest BCUT2D eigenvalue weighted by Gasteiger charge is 2.51. The molecule has 1 saturated carbocycles. The standard InChI is InChI=1S/C67H71N3SSi/c1-40(2)49-32-45(43-23-15-12-16-24-43)33-50(41(3)4)65(49)70-56-28-20-19-27-55(56)69-59-37-58-63(48-26-18-17-25-47(48)57-34-46(38-67(5,6)7)62(39-68(57)58)72(8,9)10)64(59)53-36-61-52(35-54(53)66(69)70)51-31-44(29-30-60(51)71-61)42-21-13-11-14-22-42/h12,15-20,23-36,39-42,58,63H,11,13-14,21-22,37-38H2,1-10H3/q+2. The van der Waals surface area contributed by atoms with Crippen LogP contribution in [0.25, 0.3) is 75.7 Å². The van der Waals surface area contributed by atoms with E-state index in [0.717, 1.165) is 12.8 Å². The maximum Gasteiger partial charge on any atom is 0.300 e. The molecule has 13 rings (SSSR count). The third kappa shape index (κ3) is 7.22. The van der Waals surface area contributed by atoms with Crippen molar-refractivity contribution in [3.63, 3.8) is 0 Å². The quantitative estimate of drug-likeness (QED) is 0.112. The number of benzene rings is 6. The number of hydrogen-bond donors (Lipinski definition) is 0. The van der Waals surface area contributed by atoms with Crippen molar-refractivity contribution in [3.8, 4) is 28.1 Å². The number of imidazole rings is 1. The molecule has 6 aromatic carbocycles. The van der Waals surface area contributed by atoms with E-state index < -0.39 is 8.07 Å². The fraction of sp³-hybridized carbons (Fsp3) is 0.343. The first-order valence-corrected chi connectivity index (χ1v) is 31.7. The number of rotatable bonds is 7. The number of pyridine rings is 2. The first-order valence-electron chi connectivity index (χ1n) is 27.3. The van der Waals surface area contributed by atoms with Crippen LogP contribution >= 0.6 is 11.3 Å². The Morgan fingerprint density at radius 3 is 2.10 bits per heavy atom. The summed E-state index contributed by atoms with van der Waals surface area (Å²) < 4.78 is 11.1. The lowest BCUT2D eigenvalue weighted by molar-refractivity contribution is -0.715. The van der Waals surface area contributed by atoms with Crippen molar-refractivity contribution < 1.29 is 8.97 Å². The second-order valence-corrected chi connectivity index (χ2v) is 31.1. The Labute approximate surface area is 432 Å². The molecule has 0 bridgehead atoms. The summed E-state index contributed by atoms with van der Waals surface area (Å²) in [5.74, 6) is 1.45. The van der Waals surface area contributed by atoms with Crippen molar-refractivity contribution in [2.24, 2.45) is 5.41 Å². The van der Waals surface area contributed by atoms with Crippen molar-refractivity contribution in [3.05, 3.63) is 173 Å². The molecule has 2 atom stereocenters. The molecule has 0 spiro atoms. The van der Waals surface area contributed by atoms with E-state index >= 15 is 0 Å². The molecule has 5 heterocycles. The van der Waals surface area contributed by atoms with Crippen LogP contribution in [-0.2, 0) is 12.8 Å². The van der Waals surface area contributed by atoms with Gasteiger partial charge < -0.3 is 0 Å². The molecule has 1 aliphatic heterocycles. The summed E-state index contributed by atoms with van der Waals surface area (Å²) in [5.41, 5.74) is 21.1. The molecular weight excluding hydrogens is 907 g/mol. The lowest BCUT2D eigenvalue weighted by atomic mass is 9.80. The van der Waals surface area contributed by atoms with Gasteiger partial charge in [-0.05, 0) is 130 Å². The van der Waals surface area contributed by atoms with Crippen LogP contribution in [0.4, 0.5) is 0 Å². The average Bonchev–Trinajstić information content (AvgIpc) is 4.05. The summed E-state index contributed by atoms with van der Waals surface area (Å²) in [7, 11) is -1.76. The Hall–Kier alpha value is -5.88. The van der Waals surface area contributed by atoms with E-state index in [-0.39, 0.29) is 17.4 Å². The third-order valence-electron chi connectivity index (χ3n) is 17.1. The van der Waals surface area contributed by atoms with Gasteiger partial charge in [0, 0.05) is 48.1 Å². The van der Waals surface area contributed by atoms with Gasteiger partial charge in [-0.15, -0.1) is 11.3 Å². The fourth-order valence-corrected chi connectivity index (χ4v) is 16.7. The van der Waals surface area contributed by atoms with Gasteiger partial charge in [-0.25, -0.2) is 0 Å². The van der Waals surface area contributed by atoms with Crippen molar-refractivity contribution >= 4 is 72.2 Å². The zero-order valence-electron chi connectivity index (χ0n) is 44.3. The molecule has 1 fully saturated rings. The van der Waals surface area contributed by atoms with Gasteiger partial charge in [-0.3, -0.25) is 0 Å². The molecule has 3 aliphatic rings. The number of aromatic nitrogens is 3. The number of hydrogen-bond acceptors (Lipinski definition) is 1.